The molecular formula is C11H21N. The zero-order valence-corrected chi connectivity index (χ0v) is 8.40. The van der Waals surface area contributed by atoms with Gasteiger partial charge in [-0.1, -0.05) is 18.9 Å². The van der Waals surface area contributed by atoms with Crippen LogP contribution in [0.15, 0.2) is 12.2 Å². The van der Waals surface area contributed by atoms with Gasteiger partial charge in [-0.2, -0.15) is 0 Å². The maximum absolute atomic E-state index is 3.99. The Bertz CT molecular complexity index is 151. The predicted molar refractivity (Wildman–Crippen MR) is 54.2 cm³/mol. The van der Waals surface area contributed by atoms with E-state index in [1.54, 1.807) is 0 Å². The third kappa shape index (κ3) is 2.63. The van der Waals surface area contributed by atoms with Crippen LogP contribution >= 0.6 is 0 Å². The molecule has 0 bridgehead atoms. The Morgan fingerprint density at radius 3 is 2.83 bits per heavy atom. The predicted octanol–water partition coefficient (Wildman–Crippen LogP) is 2.73. The lowest BCUT2D eigenvalue weighted by Gasteiger charge is -2.20. The first kappa shape index (κ1) is 9.79. The fourth-order valence-corrected chi connectivity index (χ4v) is 2.26. The van der Waals surface area contributed by atoms with E-state index in [4.69, 9.17) is 0 Å². The van der Waals surface area contributed by atoms with Gasteiger partial charge in [0.15, 0.2) is 0 Å². The normalized spacial score (nSPS) is 29.2. The highest BCUT2D eigenvalue weighted by molar-refractivity contribution is 4.95. The topological polar surface area (TPSA) is 12.0 Å². The molecule has 0 aromatic rings. The molecule has 0 aliphatic heterocycles. The van der Waals surface area contributed by atoms with Crippen LogP contribution in [-0.4, -0.2) is 12.6 Å². The second-order valence-electron chi connectivity index (χ2n) is 4.02. The van der Waals surface area contributed by atoms with E-state index >= 15 is 0 Å². The van der Waals surface area contributed by atoms with Crippen molar-refractivity contribution in [2.75, 3.05) is 6.54 Å². The minimum absolute atomic E-state index is 0.770. The third-order valence-electron chi connectivity index (χ3n) is 2.74. The molecule has 1 heteroatoms. The average Bonchev–Trinajstić information content (AvgIpc) is 2.37. The summed E-state index contributed by atoms with van der Waals surface area (Å²) >= 11 is 0. The second-order valence-corrected chi connectivity index (χ2v) is 4.02. The lowest BCUT2D eigenvalue weighted by Crippen LogP contribution is -2.32. The largest absolute Gasteiger partial charge is 0.314 e. The van der Waals surface area contributed by atoms with Crippen LogP contribution in [0.3, 0.4) is 0 Å². The molecule has 2 unspecified atom stereocenters. The molecule has 12 heavy (non-hydrogen) atoms. The SMILES string of the molecule is C=C(C)CC1CCCC1NCC. The van der Waals surface area contributed by atoms with E-state index in [0.717, 1.165) is 18.5 Å². The molecule has 1 aliphatic carbocycles. The van der Waals surface area contributed by atoms with E-state index < -0.39 is 0 Å². The third-order valence-corrected chi connectivity index (χ3v) is 2.74. The molecule has 0 aromatic heterocycles. The summed E-state index contributed by atoms with van der Waals surface area (Å²) in [7, 11) is 0. The fraction of sp³-hybridized carbons (Fsp3) is 0.818. The number of hydrogen-bond acceptors (Lipinski definition) is 1. The Labute approximate surface area is 76.2 Å². The summed E-state index contributed by atoms with van der Waals surface area (Å²) in [5.74, 6) is 0.863. The van der Waals surface area contributed by atoms with E-state index in [0.29, 0.717) is 0 Å². The van der Waals surface area contributed by atoms with Gasteiger partial charge in [-0.15, -0.1) is 6.58 Å². The van der Waals surface area contributed by atoms with Crippen molar-refractivity contribution in [2.24, 2.45) is 5.92 Å². The molecule has 1 saturated carbocycles. The molecule has 70 valence electrons. The maximum atomic E-state index is 3.99. The Kier molecular flexibility index (Phi) is 3.80. The maximum Gasteiger partial charge on any atom is 0.00982 e. The molecule has 0 aromatic carbocycles. The standard InChI is InChI=1S/C11H21N/c1-4-12-11-7-5-6-10(11)8-9(2)3/h10-12H,2,4-8H2,1,3H3. The smallest absolute Gasteiger partial charge is 0.00982 e. The van der Waals surface area contributed by atoms with Gasteiger partial charge in [0, 0.05) is 6.04 Å². The Morgan fingerprint density at radius 2 is 2.25 bits per heavy atom. The van der Waals surface area contributed by atoms with Crippen LogP contribution < -0.4 is 5.32 Å². The molecule has 0 amide bonds. The highest BCUT2D eigenvalue weighted by atomic mass is 14.9. The van der Waals surface area contributed by atoms with Crippen molar-refractivity contribution in [3.8, 4) is 0 Å². The summed E-state index contributed by atoms with van der Waals surface area (Å²) in [6.07, 6.45) is 5.38. The van der Waals surface area contributed by atoms with E-state index in [9.17, 15) is 0 Å². The van der Waals surface area contributed by atoms with E-state index in [1.807, 2.05) is 0 Å². The van der Waals surface area contributed by atoms with E-state index in [2.05, 4.69) is 25.7 Å². The number of nitrogens with one attached hydrogen (secondary N) is 1. The lowest BCUT2D eigenvalue weighted by molar-refractivity contribution is 0.405. The van der Waals surface area contributed by atoms with Crippen molar-refractivity contribution in [1.82, 2.24) is 5.32 Å². The zero-order chi connectivity index (χ0) is 8.97. The Morgan fingerprint density at radius 1 is 1.50 bits per heavy atom. The highest BCUT2D eigenvalue weighted by Crippen LogP contribution is 2.30. The monoisotopic (exact) mass is 167 g/mol. The first-order valence-corrected chi connectivity index (χ1v) is 5.11. The fourth-order valence-electron chi connectivity index (χ4n) is 2.26. The van der Waals surface area contributed by atoms with Crippen molar-refractivity contribution in [2.45, 2.75) is 45.6 Å². The molecule has 1 aliphatic rings. The van der Waals surface area contributed by atoms with Gasteiger partial charge < -0.3 is 5.32 Å². The van der Waals surface area contributed by atoms with Crippen LogP contribution in [0.25, 0.3) is 0 Å². The van der Waals surface area contributed by atoms with Gasteiger partial charge in [0.05, 0.1) is 0 Å². The summed E-state index contributed by atoms with van der Waals surface area (Å²) in [6.45, 7) is 9.42. The molecule has 1 rings (SSSR count). The van der Waals surface area contributed by atoms with Gasteiger partial charge in [-0.3, -0.25) is 0 Å². The quantitative estimate of drug-likeness (QED) is 0.635. The Balaban J connectivity index is 2.35. The average molecular weight is 167 g/mol. The van der Waals surface area contributed by atoms with Crippen molar-refractivity contribution >= 4 is 0 Å². The van der Waals surface area contributed by atoms with Gasteiger partial charge in [0.25, 0.3) is 0 Å². The first-order valence-electron chi connectivity index (χ1n) is 5.11. The van der Waals surface area contributed by atoms with Gasteiger partial charge in [-0.05, 0) is 38.6 Å². The number of hydrogen-bond donors (Lipinski definition) is 1. The lowest BCUT2D eigenvalue weighted by atomic mass is 9.96. The second kappa shape index (κ2) is 4.66. The molecule has 2 atom stereocenters. The summed E-state index contributed by atoms with van der Waals surface area (Å²) in [5, 5.41) is 3.56. The minimum Gasteiger partial charge on any atom is -0.314 e. The molecule has 1 N–H and O–H groups in total. The summed E-state index contributed by atoms with van der Waals surface area (Å²) in [4.78, 5) is 0. The van der Waals surface area contributed by atoms with Crippen LogP contribution in [0.1, 0.15) is 39.5 Å². The van der Waals surface area contributed by atoms with Crippen molar-refractivity contribution in [3.05, 3.63) is 12.2 Å². The highest BCUT2D eigenvalue weighted by Gasteiger charge is 2.25. The van der Waals surface area contributed by atoms with Gasteiger partial charge in [0.1, 0.15) is 0 Å². The minimum atomic E-state index is 0.770. The molecule has 1 fully saturated rings. The van der Waals surface area contributed by atoms with Crippen LogP contribution in [0.5, 0.6) is 0 Å². The summed E-state index contributed by atoms with van der Waals surface area (Å²) in [5.41, 5.74) is 1.34. The molecular weight excluding hydrogens is 146 g/mol. The van der Waals surface area contributed by atoms with Crippen LogP contribution in [0.2, 0.25) is 0 Å². The van der Waals surface area contributed by atoms with Gasteiger partial charge in [-0.25, -0.2) is 0 Å². The van der Waals surface area contributed by atoms with Gasteiger partial charge in [0.2, 0.25) is 0 Å². The number of allylic oxidation sites excluding steroid dienone is 1. The molecule has 0 radical (unpaired) electrons. The number of rotatable bonds is 4. The first-order chi connectivity index (χ1) is 5.74. The molecule has 0 heterocycles. The van der Waals surface area contributed by atoms with E-state index in [1.165, 1.54) is 31.3 Å². The van der Waals surface area contributed by atoms with Crippen LogP contribution in [0, 0.1) is 5.92 Å². The summed E-state index contributed by atoms with van der Waals surface area (Å²) in [6, 6.07) is 0.770. The van der Waals surface area contributed by atoms with Crippen molar-refractivity contribution in [3.63, 3.8) is 0 Å². The zero-order valence-electron chi connectivity index (χ0n) is 8.40. The molecule has 0 spiro atoms. The Hall–Kier alpha value is -0.300. The van der Waals surface area contributed by atoms with E-state index in [-0.39, 0.29) is 0 Å². The van der Waals surface area contributed by atoms with Crippen molar-refractivity contribution in [1.29, 1.82) is 0 Å². The summed E-state index contributed by atoms with van der Waals surface area (Å²) < 4.78 is 0. The van der Waals surface area contributed by atoms with Gasteiger partial charge >= 0.3 is 0 Å². The van der Waals surface area contributed by atoms with Crippen LogP contribution in [0.4, 0.5) is 0 Å². The van der Waals surface area contributed by atoms with Crippen LogP contribution in [-0.2, 0) is 0 Å². The molecule has 1 nitrogen and oxygen atoms in total. The molecule has 0 saturated heterocycles. The van der Waals surface area contributed by atoms with Crippen molar-refractivity contribution < 1.29 is 0 Å².